The number of hydrogen-bond acceptors (Lipinski definition) is 3. The van der Waals surface area contributed by atoms with E-state index >= 15 is 0 Å². The third-order valence-electron chi connectivity index (χ3n) is 3.24. The molecule has 2 heterocycles. The molecule has 1 aromatic rings. The molecular weight excluding hydrogens is 200 g/mol. The van der Waals surface area contributed by atoms with Crippen LogP contribution < -0.4 is 5.32 Å². The molecular formula is C12H22N4. The molecule has 4 heteroatoms. The normalized spacial score (nSPS) is 21.8. The fourth-order valence-electron chi connectivity index (χ4n) is 2.33. The van der Waals surface area contributed by atoms with Gasteiger partial charge in [0.25, 0.3) is 0 Å². The van der Waals surface area contributed by atoms with Gasteiger partial charge in [0.1, 0.15) is 0 Å². The van der Waals surface area contributed by atoms with E-state index in [1.165, 1.54) is 25.1 Å². The van der Waals surface area contributed by atoms with Crippen LogP contribution in [0, 0.1) is 0 Å². The van der Waals surface area contributed by atoms with Crippen molar-refractivity contribution < 1.29 is 0 Å². The van der Waals surface area contributed by atoms with Crippen LogP contribution in [0.1, 0.15) is 31.5 Å². The van der Waals surface area contributed by atoms with Crippen LogP contribution in [-0.4, -0.2) is 41.1 Å². The van der Waals surface area contributed by atoms with Crippen LogP contribution in [0.3, 0.4) is 0 Å². The lowest BCUT2D eigenvalue weighted by Gasteiger charge is -2.15. The van der Waals surface area contributed by atoms with E-state index in [1.807, 2.05) is 12.5 Å². The average Bonchev–Trinajstić information content (AvgIpc) is 2.87. The Morgan fingerprint density at radius 2 is 2.44 bits per heavy atom. The summed E-state index contributed by atoms with van der Waals surface area (Å²) in [6, 6.07) is 0.617. The van der Waals surface area contributed by atoms with E-state index in [0.29, 0.717) is 6.04 Å². The number of nitrogens with zero attached hydrogens (tertiary/aromatic N) is 3. The summed E-state index contributed by atoms with van der Waals surface area (Å²) in [5, 5.41) is 3.44. The highest BCUT2D eigenvalue weighted by molar-refractivity contribution is 5.01. The number of hydrogen-bond donors (Lipinski definition) is 1. The number of likely N-dealkylation sites (N-methyl/N-ethyl adjacent to an activating group) is 1. The van der Waals surface area contributed by atoms with Crippen molar-refractivity contribution in [2.75, 3.05) is 26.7 Å². The summed E-state index contributed by atoms with van der Waals surface area (Å²) in [5.74, 6) is 0. The summed E-state index contributed by atoms with van der Waals surface area (Å²) >= 11 is 0. The molecule has 1 saturated heterocycles. The van der Waals surface area contributed by atoms with E-state index in [9.17, 15) is 0 Å². The third-order valence-corrected chi connectivity index (χ3v) is 3.24. The van der Waals surface area contributed by atoms with Crippen LogP contribution >= 0.6 is 0 Å². The predicted molar refractivity (Wildman–Crippen MR) is 65.4 cm³/mol. The quantitative estimate of drug-likeness (QED) is 0.761. The Kier molecular flexibility index (Phi) is 3.96. The molecule has 1 aromatic heterocycles. The van der Waals surface area contributed by atoms with Gasteiger partial charge in [0.05, 0.1) is 12.0 Å². The van der Waals surface area contributed by atoms with Crippen LogP contribution in [0.4, 0.5) is 0 Å². The van der Waals surface area contributed by atoms with Gasteiger partial charge in [-0.05, 0) is 33.0 Å². The van der Waals surface area contributed by atoms with Crippen molar-refractivity contribution in [2.45, 2.75) is 32.4 Å². The van der Waals surface area contributed by atoms with Gasteiger partial charge in [-0.2, -0.15) is 0 Å². The molecule has 0 radical (unpaired) electrons. The molecule has 0 amide bonds. The van der Waals surface area contributed by atoms with Crippen molar-refractivity contribution in [1.82, 2.24) is 19.8 Å². The van der Waals surface area contributed by atoms with Crippen molar-refractivity contribution in [3.8, 4) is 0 Å². The number of rotatable bonds is 5. The number of aromatic nitrogens is 2. The van der Waals surface area contributed by atoms with Gasteiger partial charge in [-0.15, -0.1) is 0 Å². The minimum absolute atomic E-state index is 0.617. The van der Waals surface area contributed by atoms with Crippen LogP contribution in [0.15, 0.2) is 12.5 Å². The molecule has 0 saturated carbocycles. The molecule has 1 N–H and O–H groups in total. The Labute approximate surface area is 97.7 Å². The summed E-state index contributed by atoms with van der Waals surface area (Å²) in [6.45, 7) is 6.56. The number of imidazole rings is 1. The smallest absolute Gasteiger partial charge is 0.0951 e. The molecule has 1 aliphatic heterocycles. The van der Waals surface area contributed by atoms with E-state index in [4.69, 9.17) is 0 Å². The minimum Gasteiger partial charge on any atom is -0.329 e. The fraction of sp³-hybridized carbons (Fsp3) is 0.750. The number of nitrogens with one attached hydrogen (secondary N) is 1. The van der Waals surface area contributed by atoms with Crippen molar-refractivity contribution in [3.05, 3.63) is 18.2 Å². The Bertz CT molecular complexity index is 321. The summed E-state index contributed by atoms with van der Waals surface area (Å²) < 4.78 is 2.34. The van der Waals surface area contributed by atoms with Gasteiger partial charge in [0, 0.05) is 25.3 Å². The highest BCUT2D eigenvalue weighted by atomic mass is 15.2. The maximum absolute atomic E-state index is 4.27. The van der Waals surface area contributed by atoms with E-state index in [2.05, 4.69) is 33.7 Å². The molecule has 0 aliphatic carbocycles. The van der Waals surface area contributed by atoms with E-state index < -0.39 is 0 Å². The first-order chi connectivity index (χ1) is 7.81. The first-order valence-corrected chi connectivity index (χ1v) is 6.21. The molecule has 1 unspecified atom stereocenters. The monoisotopic (exact) mass is 222 g/mol. The second-order valence-electron chi connectivity index (χ2n) is 4.67. The van der Waals surface area contributed by atoms with Gasteiger partial charge in [0.15, 0.2) is 0 Å². The van der Waals surface area contributed by atoms with Gasteiger partial charge in [0.2, 0.25) is 0 Å². The van der Waals surface area contributed by atoms with Gasteiger partial charge in [-0.1, -0.05) is 6.92 Å². The summed E-state index contributed by atoms with van der Waals surface area (Å²) in [5.41, 5.74) is 1.31. The molecule has 1 aliphatic rings. The third kappa shape index (κ3) is 2.62. The molecule has 4 nitrogen and oxygen atoms in total. The highest BCUT2D eigenvalue weighted by Gasteiger charge is 2.22. The zero-order valence-corrected chi connectivity index (χ0v) is 10.3. The zero-order valence-electron chi connectivity index (χ0n) is 10.3. The van der Waals surface area contributed by atoms with Crippen LogP contribution in [0.2, 0.25) is 0 Å². The molecule has 90 valence electrons. The predicted octanol–water partition coefficient (Wildman–Crippen LogP) is 1.26. The average molecular weight is 222 g/mol. The summed E-state index contributed by atoms with van der Waals surface area (Å²) in [4.78, 5) is 6.66. The van der Waals surface area contributed by atoms with Gasteiger partial charge in [-0.25, -0.2) is 4.98 Å². The molecule has 0 aromatic carbocycles. The van der Waals surface area contributed by atoms with Crippen molar-refractivity contribution >= 4 is 0 Å². The van der Waals surface area contributed by atoms with E-state index in [0.717, 1.165) is 19.6 Å². The Morgan fingerprint density at radius 1 is 1.56 bits per heavy atom. The van der Waals surface area contributed by atoms with Gasteiger partial charge >= 0.3 is 0 Å². The second kappa shape index (κ2) is 5.46. The maximum Gasteiger partial charge on any atom is 0.0951 e. The van der Waals surface area contributed by atoms with Gasteiger partial charge < -0.3 is 14.8 Å². The molecule has 2 rings (SSSR count). The lowest BCUT2D eigenvalue weighted by molar-refractivity contribution is 0.389. The molecule has 0 spiro atoms. The maximum atomic E-state index is 4.27. The van der Waals surface area contributed by atoms with E-state index in [-0.39, 0.29) is 0 Å². The lowest BCUT2D eigenvalue weighted by atomic mass is 10.2. The van der Waals surface area contributed by atoms with Crippen molar-refractivity contribution in [3.63, 3.8) is 0 Å². The summed E-state index contributed by atoms with van der Waals surface area (Å²) in [7, 11) is 2.19. The van der Waals surface area contributed by atoms with Gasteiger partial charge in [-0.3, -0.25) is 0 Å². The molecule has 0 bridgehead atoms. The number of likely N-dealkylation sites (tertiary alicyclic amines) is 1. The molecule has 16 heavy (non-hydrogen) atoms. The zero-order chi connectivity index (χ0) is 11.4. The lowest BCUT2D eigenvalue weighted by Crippen LogP contribution is -2.20. The fourth-order valence-corrected chi connectivity index (χ4v) is 2.33. The van der Waals surface area contributed by atoms with Crippen LogP contribution in [0.5, 0.6) is 0 Å². The van der Waals surface area contributed by atoms with Crippen molar-refractivity contribution in [2.24, 2.45) is 0 Å². The van der Waals surface area contributed by atoms with Crippen LogP contribution in [-0.2, 0) is 6.54 Å². The Hall–Kier alpha value is -0.870. The minimum atomic E-state index is 0.617. The first-order valence-electron chi connectivity index (χ1n) is 6.21. The molecule has 1 fully saturated rings. The first kappa shape index (κ1) is 11.6. The largest absolute Gasteiger partial charge is 0.329 e. The second-order valence-corrected chi connectivity index (χ2v) is 4.67. The molecule has 1 atom stereocenters. The SMILES string of the molecule is CCCNCc1cncn1C1CCN(C)C1. The Balaban J connectivity index is 1.96. The van der Waals surface area contributed by atoms with Crippen molar-refractivity contribution in [1.29, 1.82) is 0 Å². The highest BCUT2D eigenvalue weighted by Crippen LogP contribution is 2.21. The standard InChI is InChI=1S/C12H22N4/c1-3-5-13-7-12-8-14-10-16(12)11-4-6-15(2)9-11/h8,10-11,13H,3-7,9H2,1-2H3. The van der Waals surface area contributed by atoms with E-state index in [1.54, 1.807) is 0 Å². The Morgan fingerprint density at radius 3 is 3.12 bits per heavy atom. The summed E-state index contributed by atoms with van der Waals surface area (Å²) in [6.07, 6.45) is 6.39. The topological polar surface area (TPSA) is 33.1 Å². The van der Waals surface area contributed by atoms with Crippen LogP contribution in [0.25, 0.3) is 0 Å².